The van der Waals surface area contributed by atoms with Gasteiger partial charge in [-0.25, -0.2) is 4.98 Å². The van der Waals surface area contributed by atoms with E-state index in [0.717, 1.165) is 49.4 Å². The van der Waals surface area contributed by atoms with Crippen LogP contribution in [0.4, 0.5) is 0 Å². The second kappa shape index (κ2) is 7.82. The molecular formula is C22H25N3O2. The second-order valence-electron chi connectivity index (χ2n) is 7.25. The van der Waals surface area contributed by atoms with Crippen LogP contribution in [-0.4, -0.2) is 40.1 Å². The molecule has 27 heavy (non-hydrogen) atoms. The first-order valence-corrected chi connectivity index (χ1v) is 9.56. The van der Waals surface area contributed by atoms with E-state index < -0.39 is 0 Å². The zero-order chi connectivity index (χ0) is 18.6. The van der Waals surface area contributed by atoms with E-state index in [0.29, 0.717) is 5.92 Å². The monoisotopic (exact) mass is 363 g/mol. The number of imidazole rings is 1. The van der Waals surface area contributed by atoms with Gasteiger partial charge in [-0.05, 0) is 48.6 Å². The fourth-order valence-corrected chi connectivity index (χ4v) is 3.73. The summed E-state index contributed by atoms with van der Waals surface area (Å²) in [5.41, 5.74) is 0. The number of benzene rings is 2. The first kappa shape index (κ1) is 17.6. The van der Waals surface area contributed by atoms with Crippen molar-refractivity contribution in [1.82, 2.24) is 14.5 Å². The van der Waals surface area contributed by atoms with Crippen LogP contribution in [0, 0.1) is 12.8 Å². The Bertz CT molecular complexity index is 926. The van der Waals surface area contributed by atoms with Crippen molar-refractivity contribution in [1.29, 1.82) is 0 Å². The minimum absolute atomic E-state index is 0.0698. The maximum atomic E-state index is 12.5. The maximum Gasteiger partial charge on any atom is 0.260 e. The van der Waals surface area contributed by atoms with E-state index in [1.165, 1.54) is 5.39 Å². The number of fused-ring (bicyclic) bond motifs is 1. The number of ether oxygens (including phenoxy) is 1. The van der Waals surface area contributed by atoms with Crippen molar-refractivity contribution in [3.8, 4) is 5.75 Å². The summed E-state index contributed by atoms with van der Waals surface area (Å²) in [5.74, 6) is 2.47. The number of hydrogen-bond donors (Lipinski definition) is 0. The average molecular weight is 363 g/mol. The van der Waals surface area contributed by atoms with E-state index in [1.54, 1.807) is 0 Å². The van der Waals surface area contributed by atoms with Gasteiger partial charge in [-0.2, -0.15) is 0 Å². The van der Waals surface area contributed by atoms with Gasteiger partial charge in [0.1, 0.15) is 11.6 Å². The molecule has 5 heteroatoms. The lowest BCUT2D eigenvalue weighted by atomic mass is 9.96. The third-order valence-corrected chi connectivity index (χ3v) is 5.43. The van der Waals surface area contributed by atoms with Gasteiger partial charge in [0, 0.05) is 32.0 Å². The van der Waals surface area contributed by atoms with Crippen molar-refractivity contribution in [3.63, 3.8) is 0 Å². The van der Waals surface area contributed by atoms with Crippen molar-refractivity contribution in [2.45, 2.75) is 26.3 Å². The summed E-state index contributed by atoms with van der Waals surface area (Å²) >= 11 is 0. The van der Waals surface area contributed by atoms with Gasteiger partial charge in [-0.15, -0.1) is 0 Å². The lowest BCUT2D eigenvalue weighted by Crippen LogP contribution is -2.41. The highest BCUT2D eigenvalue weighted by atomic mass is 16.5. The average Bonchev–Trinajstić information content (AvgIpc) is 3.11. The van der Waals surface area contributed by atoms with Crippen LogP contribution in [0.5, 0.6) is 5.75 Å². The normalized spacial score (nSPS) is 15.2. The molecule has 1 fully saturated rings. The largest absolute Gasteiger partial charge is 0.484 e. The Labute approximate surface area is 159 Å². The lowest BCUT2D eigenvalue weighted by molar-refractivity contribution is -0.134. The number of carbonyl (C=O) groups excluding carboxylic acids is 1. The first-order chi connectivity index (χ1) is 13.2. The Morgan fingerprint density at radius 2 is 1.93 bits per heavy atom. The Balaban J connectivity index is 1.27. The van der Waals surface area contributed by atoms with E-state index in [2.05, 4.69) is 21.7 Å². The number of piperidine rings is 1. The van der Waals surface area contributed by atoms with Gasteiger partial charge in [0.25, 0.3) is 5.91 Å². The number of aryl methyl sites for hydroxylation is 1. The molecule has 2 heterocycles. The highest BCUT2D eigenvalue weighted by Gasteiger charge is 2.23. The molecule has 1 saturated heterocycles. The fourth-order valence-electron chi connectivity index (χ4n) is 3.73. The van der Waals surface area contributed by atoms with Crippen LogP contribution in [0.2, 0.25) is 0 Å². The summed E-state index contributed by atoms with van der Waals surface area (Å²) in [7, 11) is 0. The molecule has 1 aliphatic rings. The number of rotatable bonds is 5. The molecule has 4 rings (SSSR count). The third-order valence-electron chi connectivity index (χ3n) is 5.43. The summed E-state index contributed by atoms with van der Waals surface area (Å²) < 4.78 is 7.95. The van der Waals surface area contributed by atoms with E-state index in [9.17, 15) is 4.79 Å². The second-order valence-corrected chi connectivity index (χ2v) is 7.25. The number of likely N-dealkylation sites (tertiary alicyclic amines) is 1. The molecule has 140 valence electrons. The molecule has 1 amide bonds. The van der Waals surface area contributed by atoms with Gasteiger partial charge in [-0.3, -0.25) is 4.79 Å². The van der Waals surface area contributed by atoms with E-state index in [4.69, 9.17) is 4.74 Å². The van der Waals surface area contributed by atoms with Gasteiger partial charge in [0.05, 0.1) is 0 Å². The highest BCUT2D eigenvalue weighted by molar-refractivity contribution is 5.84. The van der Waals surface area contributed by atoms with Crippen molar-refractivity contribution >= 4 is 16.7 Å². The van der Waals surface area contributed by atoms with E-state index in [-0.39, 0.29) is 12.5 Å². The minimum atomic E-state index is 0.0698. The summed E-state index contributed by atoms with van der Waals surface area (Å²) in [5, 5.41) is 2.30. The molecule has 3 aromatic rings. The molecule has 5 nitrogen and oxygen atoms in total. The van der Waals surface area contributed by atoms with Crippen LogP contribution in [-0.2, 0) is 11.3 Å². The molecule has 0 aliphatic carbocycles. The topological polar surface area (TPSA) is 47.4 Å². The molecule has 1 aliphatic heterocycles. The number of carbonyl (C=O) groups is 1. The lowest BCUT2D eigenvalue weighted by Gasteiger charge is -2.32. The maximum absolute atomic E-state index is 12.5. The van der Waals surface area contributed by atoms with Crippen molar-refractivity contribution in [2.24, 2.45) is 5.92 Å². The predicted molar refractivity (Wildman–Crippen MR) is 106 cm³/mol. The quantitative estimate of drug-likeness (QED) is 0.695. The molecule has 0 atom stereocenters. The van der Waals surface area contributed by atoms with Gasteiger partial charge < -0.3 is 14.2 Å². The molecule has 0 unspecified atom stereocenters. The van der Waals surface area contributed by atoms with Crippen LogP contribution in [0.3, 0.4) is 0 Å². The van der Waals surface area contributed by atoms with Crippen molar-refractivity contribution in [2.75, 3.05) is 19.7 Å². The summed E-state index contributed by atoms with van der Waals surface area (Å²) in [6, 6.07) is 14.1. The smallest absolute Gasteiger partial charge is 0.260 e. The molecule has 0 N–H and O–H groups in total. The van der Waals surface area contributed by atoms with Crippen LogP contribution >= 0.6 is 0 Å². The third kappa shape index (κ3) is 4.13. The zero-order valence-corrected chi connectivity index (χ0v) is 15.7. The number of hydrogen-bond acceptors (Lipinski definition) is 3. The Morgan fingerprint density at radius 1 is 1.15 bits per heavy atom. The SMILES string of the molecule is Cc1nccn1CC1CCN(C(=O)COc2ccc3ccccc3c2)CC1. The molecule has 1 aromatic heterocycles. The van der Waals surface area contributed by atoms with Gasteiger partial charge in [-0.1, -0.05) is 30.3 Å². The predicted octanol–water partition coefficient (Wildman–Crippen LogP) is 3.66. The zero-order valence-electron chi connectivity index (χ0n) is 15.7. The summed E-state index contributed by atoms with van der Waals surface area (Å²) in [6.07, 6.45) is 5.93. The van der Waals surface area contributed by atoms with Crippen molar-refractivity contribution in [3.05, 3.63) is 60.7 Å². The standard InChI is InChI=1S/C22H25N3O2/c1-17-23-10-13-25(17)15-18-8-11-24(12-9-18)22(26)16-27-21-7-6-19-4-2-3-5-20(19)14-21/h2-7,10,13-14,18H,8-9,11-12,15-16H2,1H3. The van der Waals surface area contributed by atoms with Crippen LogP contribution in [0.1, 0.15) is 18.7 Å². The Hall–Kier alpha value is -2.82. The minimum Gasteiger partial charge on any atom is -0.484 e. The Kier molecular flexibility index (Phi) is 5.10. The van der Waals surface area contributed by atoms with Gasteiger partial charge >= 0.3 is 0 Å². The fraction of sp³-hybridized carbons (Fsp3) is 0.364. The number of nitrogens with zero attached hydrogens (tertiary/aromatic N) is 3. The molecule has 0 saturated carbocycles. The van der Waals surface area contributed by atoms with E-state index >= 15 is 0 Å². The molecule has 0 spiro atoms. The number of aromatic nitrogens is 2. The molecule has 0 bridgehead atoms. The number of amides is 1. The van der Waals surface area contributed by atoms with Crippen LogP contribution in [0.15, 0.2) is 54.9 Å². The first-order valence-electron chi connectivity index (χ1n) is 9.56. The summed E-state index contributed by atoms with van der Waals surface area (Å²) in [6.45, 7) is 4.73. The molecule has 0 radical (unpaired) electrons. The summed E-state index contributed by atoms with van der Waals surface area (Å²) in [4.78, 5) is 18.7. The molecule has 2 aromatic carbocycles. The van der Waals surface area contributed by atoms with Crippen LogP contribution in [0.25, 0.3) is 10.8 Å². The van der Waals surface area contributed by atoms with Gasteiger partial charge in [0.2, 0.25) is 0 Å². The molecular weight excluding hydrogens is 338 g/mol. The van der Waals surface area contributed by atoms with E-state index in [1.807, 2.05) is 54.5 Å². The van der Waals surface area contributed by atoms with Crippen molar-refractivity contribution < 1.29 is 9.53 Å². The van der Waals surface area contributed by atoms with Crippen LogP contribution < -0.4 is 4.74 Å². The Morgan fingerprint density at radius 3 is 2.67 bits per heavy atom. The van der Waals surface area contributed by atoms with Gasteiger partial charge in [0.15, 0.2) is 6.61 Å². The highest BCUT2D eigenvalue weighted by Crippen LogP contribution is 2.22.